The van der Waals surface area contributed by atoms with E-state index in [-0.39, 0.29) is 0 Å². The van der Waals surface area contributed by atoms with Crippen LogP contribution in [0.3, 0.4) is 0 Å². The molecule has 0 radical (unpaired) electrons. The normalized spacial score (nSPS) is 18.6. The predicted molar refractivity (Wildman–Crippen MR) is 85.9 cm³/mol. The smallest absolute Gasteiger partial charge is 0.250 e. The number of hydrogen-bond donors (Lipinski definition) is 0. The summed E-state index contributed by atoms with van der Waals surface area (Å²) in [4.78, 5) is 0. The van der Waals surface area contributed by atoms with E-state index in [9.17, 15) is 0 Å². The van der Waals surface area contributed by atoms with E-state index in [4.69, 9.17) is 13.9 Å². The number of allylic oxidation sites excluding steroid dienone is 2. The first-order valence-electron chi connectivity index (χ1n) is 7.76. The molecular weight excluding hydrogens is 268 g/mol. The van der Waals surface area contributed by atoms with E-state index in [2.05, 4.69) is 27.4 Å². The minimum Gasteiger partial charge on any atom is -0.543 e. The highest BCUT2D eigenvalue weighted by atomic mass is 28.4. The molecule has 3 nitrogen and oxygen atoms in total. The molecule has 20 heavy (non-hydrogen) atoms. The molecule has 0 fully saturated rings. The summed E-state index contributed by atoms with van der Waals surface area (Å²) in [5.41, 5.74) is 0. The molecule has 116 valence electrons. The van der Waals surface area contributed by atoms with Crippen LogP contribution in [0.15, 0.2) is 24.2 Å². The van der Waals surface area contributed by atoms with Gasteiger partial charge in [-0.3, -0.25) is 0 Å². The van der Waals surface area contributed by atoms with Crippen molar-refractivity contribution in [3.63, 3.8) is 0 Å². The molecule has 0 aromatic rings. The van der Waals surface area contributed by atoms with E-state index >= 15 is 0 Å². The molecule has 0 atom stereocenters. The standard InChI is InChI=1S/C16H30O3Si/c1-7-11-12-14-15(13-17-16(5,6)18-14)19-20(8-2,9-3)10-4/h7H,1,8-13H2,2-6H3. The van der Waals surface area contributed by atoms with Crippen LogP contribution in [0.5, 0.6) is 0 Å². The van der Waals surface area contributed by atoms with Gasteiger partial charge in [-0.25, -0.2) is 0 Å². The summed E-state index contributed by atoms with van der Waals surface area (Å²) >= 11 is 0. The second-order valence-corrected chi connectivity index (χ2v) is 10.5. The molecule has 0 aliphatic carbocycles. The van der Waals surface area contributed by atoms with Crippen molar-refractivity contribution < 1.29 is 13.9 Å². The molecular formula is C16H30O3Si. The first-order valence-corrected chi connectivity index (χ1v) is 10.3. The highest BCUT2D eigenvalue weighted by Crippen LogP contribution is 2.33. The lowest BCUT2D eigenvalue weighted by Crippen LogP contribution is -2.40. The molecule has 0 unspecified atom stereocenters. The summed E-state index contributed by atoms with van der Waals surface area (Å²) in [6.07, 6.45) is 3.66. The molecule has 0 bridgehead atoms. The molecule has 0 amide bonds. The zero-order chi connectivity index (χ0) is 15.2. The summed E-state index contributed by atoms with van der Waals surface area (Å²) in [5, 5.41) is 0. The van der Waals surface area contributed by atoms with Crippen LogP contribution in [0.2, 0.25) is 18.1 Å². The van der Waals surface area contributed by atoms with E-state index < -0.39 is 14.1 Å². The van der Waals surface area contributed by atoms with Crippen molar-refractivity contribution in [2.75, 3.05) is 6.61 Å². The van der Waals surface area contributed by atoms with E-state index in [0.717, 1.165) is 42.5 Å². The maximum atomic E-state index is 6.46. The molecule has 0 aromatic carbocycles. The summed E-state index contributed by atoms with van der Waals surface area (Å²) in [5.74, 6) is 1.31. The van der Waals surface area contributed by atoms with E-state index in [1.165, 1.54) is 0 Å². The molecule has 1 rings (SSSR count). The average Bonchev–Trinajstić information content (AvgIpc) is 2.44. The highest BCUT2D eigenvalue weighted by Gasteiger charge is 2.36. The quantitative estimate of drug-likeness (QED) is 0.468. The van der Waals surface area contributed by atoms with Crippen molar-refractivity contribution in [1.82, 2.24) is 0 Å². The Morgan fingerprint density at radius 2 is 1.85 bits per heavy atom. The van der Waals surface area contributed by atoms with Crippen molar-refractivity contribution in [2.45, 2.75) is 71.4 Å². The molecule has 4 heteroatoms. The van der Waals surface area contributed by atoms with Crippen LogP contribution in [0, 0.1) is 0 Å². The molecule has 1 aliphatic rings. The Labute approximate surface area is 125 Å². The lowest BCUT2D eigenvalue weighted by molar-refractivity contribution is -0.209. The highest BCUT2D eigenvalue weighted by molar-refractivity contribution is 6.73. The minimum atomic E-state index is -1.68. The van der Waals surface area contributed by atoms with Crippen LogP contribution in [0.4, 0.5) is 0 Å². The summed E-state index contributed by atoms with van der Waals surface area (Å²) in [6.45, 7) is 14.9. The van der Waals surface area contributed by atoms with Gasteiger partial charge in [-0.15, -0.1) is 6.58 Å². The largest absolute Gasteiger partial charge is 0.543 e. The van der Waals surface area contributed by atoms with Gasteiger partial charge in [0.1, 0.15) is 18.1 Å². The van der Waals surface area contributed by atoms with Crippen LogP contribution in [-0.2, 0) is 13.9 Å². The Morgan fingerprint density at radius 1 is 1.25 bits per heavy atom. The summed E-state index contributed by atoms with van der Waals surface area (Å²) in [7, 11) is -1.68. The SMILES string of the molecule is C=CCCC1=C(O[Si](CC)(CC)CC)COC(C)(C)O1. The van der Waals surface area contributed by atoms with Gasteiger partial charge in [0.25, 0.3) is 0 Å². The van der Waals surface area contributed by atoms with Gasteiger partial charge in [0.2, 0.25) is 14.1 Å². The predicted octanol–water partition coefficient (Wildman–Crippen LogP) is 4.97. The molecule has 0 N–H and O–H groups in total. The van der Waals surface area contributed by atoms with Gasteiger partial charge in [-0.2, -0.15) is 0 Å². The molecule has 0 aromatic heterocycles. The zero-order valence-electron chi connectivity index (χ0n) is 13.8. The van der Waals surface area contributed by atoms with E-state index in [1.807, 2.05) is 19.9 Å². The summed E-state index contributed by atoms with van der Waals surface area (Å²) < 4.78 is 18.2. The fraction of sp³-hybridized carbons (Fsp3) is 0.750. The molecule has 0 saturated heterocycles. The summed E-state index contributed by atoms with van der Waals surface area (Å²) in [6, 6.07) is 3.38. The lowest BCUT2D eigenvalue weighted by atomic mass is 10.2. The van der Waals surface area contributed by atoms with Crippen molar-refractivity contribution in [3.05, 3.63) is 24.2 Å². The third-order valence-electron chi connectivity index (χ3n) is 4.08. The second kappa shape index (κ2) is 7.32. The van der Waals surface area contributed by atoms with Gasteiger partial charge in [0.15, 0.2) is 0 Å². The topological polar surface area (TPSA) is 27.7 Å². The van der Waals surface area contributed by atoms with Crippen molar-refractivity contribution in [1.29, 1.82) is 0 Å². The maximum Gasteiger partial charge on any atom is 0.250 e. The number of rotatable bonds is 8. The third-order valence-corrected chi connectivity index (χ3v) is 8.62. The monoisotopic (exact) mass is 298 g/mol. The van der Waals surface area contributed by atoms with Crippen molar-refractivity contribution in [3.8, 4) is 0 Å². The van der Waals surface area contributed by atoms with Crippen LogP contribution in [0.25, 0.3) is 0 Å². The van der Waals surface area contributed by atoms with Crippen LogP contribution < -0.4 is 0 Å². The minimum absolute atomic E-state index is 0.522. The van der Waals surface area contributed by atoms with Gasteiger partial charge in [0.05, 0.1) is 0 Å². The fourth-order valence-corrected chi connectivity index (χ4v) is 5.07. The first-order chi connectivity index (χ1) is 9.42. The van der Waals surface area contributed by atoms with Gasteiger partial charge >= 0.3 is 0 Å². The van der Waals surface area contributed by atoms with E-state index in [1.54, 1.807) is 0 Å². The number of ether oxygens (including phenoxy) is 2. The Bertz CT molecular complexity index is 348. The molecule has 1 aliphatic heterocycles. The van der Waals surface area contributed by atoms with Gasteiger partial charge in [0, 0.05) is 20.3 Å². The van der Waals surface area contributed by atoms with Gasteiger partial charge in [-0.1, -0.05) is 26.8 Å². The Balaban J connectivity index is 2.95. The second-order valence-electron chi connectivity index (χ2n) is 5.81. The Morgan fingerprint density at radius 3 is 2.35 bits per heavy atom. The first kappa shape index (κ1) is 17.3. The van der Waals surface area contributed by atoms with E-state index in [0.29, 0.717) is 6.61 Å². The average molecular weight is 298 g/mol. The van der Waals surface area contributed by atoms with Crippen LogP contribution in [-0.4, -0.2) is 20.7 Å². The number of hydrogen-bond acceptors (Lipinski definition) is 3. The van der Waals surface area contributed by atoms with Crippen LogP contribution in [0.1, 0.15) is 47.5 Å². The Kier molecular flexibility index (Phi) is 6.33. The Hall–Kier alpha value is -0.743. The lowest BCUT2D eigenvalue weighted by Gasteiger charge is -2.38. The molecule has 0 saturated carbocycles. The van der Waals surface area contributed by atoms with Gasteiger partial charge in [-0.05, 0) is 24.6 Å². The third kappa shape index (κ3) is 4.38. The van der Waals surface area contributed by atoms with Crippen LogP contribution >= 0.6 is 0 Å². The van der Waals surface area contributed by atoms with Crippen molar-refractivity contribution in [2.24, 2.45) is 0 Å². The zero-order valence-corrected chi connectivity index (χ0v) is 14.8. The fourth-order valence-electron chi connectivity index (χ4n) is 2.44. The maximum absolute atomic E-state index is 6.46. The van der Waals surface area contributed by atoms with Crippen molar-refractivity contribution >= 4 is 8.32 Å². The molecule has 1 heterocycles. The molecule has 0 spiro atoms. The van der Waals surface area contributed by atoms with Gasteiger partial charge < -0.3 is 13.9 Å².